The molecule has 0 saturated carbocycles. The summed E-state index contributed by atoms with van der Waals surface area (Å²) in [4.78, 5) is 0. The van der Waals surface area contributed by atoms with E-state index in [1.807, 2.05) is 0 Å². The van der Waals surface area contributed by atoms with E-state index >= 15 is 0 Å². The molecule has 6 heteroatoms. The van der Waals surface area contributed by atoms with Crippen LogP contribution >= 0.6 is 63.7 Å². The number of benzene rings is 1. The van der Waals surface area contributed by atoms with Gasteiger partial charge in [0.05, 0.1) is 20.7 Å². The number of unbranched alkanes of at least 4 members (excludes halogenated alkanes) is 10. The van der Waals surface area contributed by atoms with E-state index in [2.05, 4.69) is 89.7 Å². The summed E-state index contributed by atoms with van der Waals surface area (Å²) in [6, 6.07) is 4.21. The summed E-state index contributed by atoms with van der Waals surface area (Å²) in [6.07, 6.45) is 15.1. The van der Waals surface area contributed by atoms with Gasteiger partial charge in [0.1, 0.15) is 11.5 Å². The second-order valence-corrected chi connectivity index (χ2v) is 13.9. The lowest BCUT2D eigenvalue weighted by atomic mass is 10.1. The summed E-state index contributed by atoms with van der Waals surface area (Å²) in [5, 5.41) is 0. The molecule has 0 aliphatic carbocycles. The minimum Gasteiger partial charge on any atom is -0.493 e. The zero-order valence-electron chi connectivity index (χ0n) is 18.5. The standard InChI is InChI=1S/C24H38Br4O2/c1-3-5-7-9-11-13-15-29-21-17-20(24(27)28)22(18-19(21)23(25)26)30-16-14-12-10-8-6-4-2/h17-18,23-24H,3-16H2,1-2H3. The van der Waals surface area contributed by atoms with E-state index in [1.165, 1.54) is 64.2 Å². The van der Waals surface area contributed by atoms with Gasteiger partial charge < -0.3 is 9.47 Å². The number of hydrogen-bond donors (Lipinski definition) is 0. The van der Waals surface area contributed by atoms with Crippen molar-refractivity contribution in [2.75, 3.05) is 13.2 Å². The highest BCUT2D eigenvalue weighted by Crippen LogP contribution is 2.44. The van der Waals surface area contributed by atoms with Crippen LogP contribution in [-0.4, -0.2) is 13.2 Å². The predicted octanol–water partition coefficient (Wildman–Crippen LogP) is 10.7. The third kappa shape index (κ3) is 12.1. The van der Waals surface area contributed by atoms with Crippen molar-refractivity contribution in [2.24, 2.45) is 0 Å². The zero-order chi connectivity index (χ0) is 22.2. The third-order valence-electron chi connectivity index (χ3n) is 5.12. The summed E-state index contributed by atoms with van der Waals surface area (Å²) >= 11 is 14.6. The first-order chi connectivity index (χ1) is 14.5. The molecule has 0 spiro atoms. The fourth-order valence-electron chi connectivity index (χ4n) is 3.31. The van der Waals surface area contributed by atoms with E-state index in [0.717, 1.165) is 48.7 Å². The van der Waals surface area contributed by atoms with E-state index in [9.17, 15) is 0 Å². The van der Waals surface area contributed by atoms with Crippen LogP contribution in [0.1, 0.15) is 109 Å². The Kier molecular flexibility index (Phi) is 17.5. The molecule has 1 aromatic rings. The van der Waals surface area contributed by atoms with Gasteiger partial charge >= 0.3 is 0 Å². The van der Waals surface area contributed by atoms with Crippen LogP contribution in [0.5, 0.6) is 11.5 Å². The molecular weight excluding hydrogens is 640 g/mol. The Hall–Kier alpha value is 0.740. The van der Waals surface area contributed by atoms with Crippen molar-refractivity contribution in [1.82, 2.24) is 0 Å². The molecule has 1 aromatic carbocycles. The SMILES string of the molecule is CCCCCCCCOc1cc(C(Br)Br)c(OCCCCCCCC)cc1C(Br)Br. The fourth-order valence-corrected chi connectivity index (χ4v) is 4.74. The lowest BCUT2D eigenvalue weighted by Crippen LogP contribution is -2.05. The first-order valence-electron chi connectivity index (χ1n) is 11.5. The monoisotopic (exact) mass is 674 g/mol. The van der Waals surface area contributed by atoms with Gasteiger partial charge in [-0.2, -0.15) is 0 Å². The van der Waals surface area contributed by atoms with Crippen molar-refractivity contribution in [1.29, 1.82) is 0 Å². The van der Waals surface area contributed by atoms with E-state index < -0.39 is 0 Å². The second kappa shape index (κ2) is 18.2. The number of hydrogen-bond acceptors (Lipinski definition) is 2. The largest absolute Gasteiger partial charge is 0.493 e. The first kappa shape index (κ1) is 28.8. The number of halogens is 4. The van der Waals surface area contributed by atoms with Crippen LogP contribution in [-0.2, 0) is 0 Å². The van der Waals surface area contributed by atoms with Gasteiger partial charge in [0.15, 0.2) is 0 Å². The molecule has 0 radical (unpaired) electrons. The van der Waals surface area contributed by atoms with Crippen molar-refractivity contribution < 1.29 is 9.47 Å². The van der Waals surface area contributed by atoms with Crippen LogP contribution in [0, 0.1) is 0 Å². The second-order valence-electron chi connectivity index (χ2n) is 7.76. The lowest BCUT2D eigenvalue weighted by Gasteiger charge is -2.19. The highest BCUT2D eigenvalue weighted by Gasteiger charge is 2.19. The third-order valence-corrected chi connectivity index (χ3v) is 7.10. The van der Waals surface area contributed by atoms with Crippen LogP contribution in [0.4, 0.5) is 0 Å². The van der Waals surface area contributed by atoms with Crippen LogP contribution in [0.2, 0.25) is 0 Å². The molecule has 1 rings (SSSR count). The summed E-state index contributed by atoms with van der Waals surface area (Å²) in [5.41, 5.74) is 2.15. The van der Waals surface area contributed by atoms with Crippen LogP contribution in [0.3, 0.4) is 0 Å². The summed E-state index contributed by atoms with van der Waals surface area (Å²) in [6.45, 7) is 6.00. The Morgan fingerprint density at radius 1 is 0.567 bits per heavy atom. The normalized spacial score (nSPS) is 11.5. The summed E-state index contributed by atoms with van der Waals surface area (Å²) in [5.74, 6) is 1.82. The highest BCUT2D eigenvalue weighted by atomic mass is 79.9. The average Bonchev–Trinajstić information content (AvgIpc) is 2.72. The molecule has 30 heavy (non-hydrogen) atoms. The van der Waals surface area contributed by atoms with Gasteiger partial charge in [-0.05, 0) is 25.0 Å². The molecule has 0 aromatic heterocycles. The molecule has 0 heterocycles. The number of ether oxygens (including phenoxy) is 2. The summed E-state index contributed by atoms with van der Waals surface area (Å²) < 4.78 is 12.4. The molecule has 0 saturated heterocycles. The van der Waals surface area contributed by atoms with E-state index in [1.54, 1.807) is 0 Å². The van der Waals surface area contributed by atoms with Gasteiger partial charge in [0, 0.05) is 11.1 Å². The molecule has 0 fully saturated rings. The fraction of sp³-hybridized carbons (Fsp3) is 0.750. The maximum Gasteiger partial charge on any atom is 0.125 e. The molecule has 174 valence electrons. The van der Waals surface area contributed by atoms with Crippen LogP contribution in [0.25, 0.3) is 0 Å². The molecule has 0 amide bonds. The van der Waals surface area contributed by atoms with Crippen LogP contribution in [0.15, 0.2) is 12.1 Å². The van der Waals surface area contributed by atoms with Gasteiger partial charge in [-0.25, -0.2) is 0 Å². The molecule has 0 N–H and O–H groups in total. The Morgan fingerprint density at radius 2 is 0.900 bits per heavy atom. The van der Waals surface area contributed by atoms with E-state index in [0.29, 0.717) is 0 Å². The number of alkyl halides is 4. The zero-order valence-corrected chi connectivity index (χ0v) is 24.9. The van der Waals surface area contributed by atoms with Gasteiger partial charge in [-0.1, -0.05) is 142 Å². The highest BCUT2D eigenvalue weighted by molar-refractivity contribution is 9.24. The number of rotatable bonds is 18. The van der Waals surface area contributed by atoms with Crippen molar-refractivity contribution in [2.45, 2.75) is 98.4 Å². The molecule has 0 aliphatic rings. The minimum absolute atomic E-state index is 0.0269. The molecular formula is C24H38Br4O2. The molecule has 0 unspecified atom stereocenters. The van der Waals surface area contributed by atoms with E-state index in [4.69, 9.17) is 9.47 Å². The average molecular weight is 678 g/mol. The molecule has 0 aliphatic heterocycles. The Balaban J connectivity index is 2.66. The van der Waals surface area contributed by atoms with Crippen molar-refractivity contribution >= 4 is 63.7 Å². The topological polar surface area (TPSA) is 18.5 Å². The first-order valence-corrected chi connectivity index (χ1v) is 15.2. The molecule has 0 atom stereocenters. The summed E-state index contributed by atoms with van der Waals surface area (Å²) in [7, 11) is 0. The quantitative estimate of drug-likeness (QED) is 0.114. The van der Waals surface area contributed by atoms with Gasteiger partial charge in [0.25, 0.3) is 0 Å². The van der Waals surface area contributed by atoms with E-state index in [-0.39, 0.29) is 7.47 Å². The van der Waals surface area contributed by atoms with Crippen molar-refractivity contribution in [3.63, 3.8) is 0 Å². The van der Waals surface area contributed by atoms with Crippen molar-refractivity contribution in [3.8, 4) is 11.5 Å². The van der Waals surface area contributed by atoms with Crippen molar-refractivity contribution in [3.05, 3.63) is 23.3 Å². The minimum atomic E-state index is 0.0269. The maximum atomic E-state index is 6.17. The van der Waals surface area contributed by atoms with Gasteiger partial charge in [-0.3, -0.25) is 0 Å². The Labute approximate surface area is 218 Å². The maximum absolute atomic E-state index is 6.17. The molecule has 0 bridgehead atoms. The van der Waals surface area contributed by atoms with Gasteiger partial charge in [-0.15, -0.1) is 0 Å². The predicted molar refractivity (Wildman–Crippen MR) is 145 cm³/mol. The Morgan fingerprint density at radius 3 is 1.23 bits per heavy atom. The van der Waals surface area contributed by atoms with Crippen LogP contribution < -0.4 is 9.47 Å². The molecule has 2 nitrogen and oxygen atoms in total. The lowest BCUT2D eigenvalue weighted by molar-refractivity contribution is 0.293. The van der Waals surface area contributed by atoms with Gasteiger partial charge in [0.2, 0.25) is 0 Å². The Bertz CT molecular complexity index is 515. The smallest absolute Gasteiger partial charge is 0.125 e.